The van der Waals surface area contributed by atoms with Gasteiger partial charge in [0.25, 0.3) is 0 Å². The maximum absolute atomic E-state index is 10.7. The second-order valence-electron chi connectivity index (χ2n) is 2.36. The van der Waals surface area contributed by atoms with E-state index in [1.165, 1.54) is 23.6 Å². The lowest BCUT2D eigenvalue weighted by atomic mass is 10.4. The standard InChI is InChI=1S/C6H9NO3S/c1-4(8)7-2-5(6(9)10)11-3-7/h5H,2-3H2,1H3,(H,9,10). The van der Waals surface area contributed by atoms with E-state index >= 15 is 0 Å². The van der Waals surface area contributed by atoms with Crippen LogP contribution in [0, 0.1) is 0 Å². The fraction of sp³-hybridized carbons (Fsp3) is 0.667. The van der Waals surface area contributed by atoms with Crippen molar-refractivity contribution in [1.82, 2.24) is 4.90 Å². The van der Waals surface area contributed by atoms with Gasteiger partial charge in [-0.2, -0.15) is 0 Å². The molecular weight excluding hydrogens is 166 g/mol. The van der Waals surface area contributed by atoms with Crippen molar-refractivity contribution in [2.24, 2.45) is 0 Å². The molecule has 1 saturated heterocycles. The number of carboxylic acids is 1. The lowest BCUT2D eigenvalue weighted by Crippen LogP contribution is -2.29. The van der Waals surface area contributed by atoms with E-state index in [9.17, 15) is 9.59 Å². The second-order valence-corrected chi connectivity index (χ2v) is 3.52. The first kappa shape index (κ1) is 8.39. The number of carbonyl (C=O) groups excluding carboxylic acids is 1. The molecule has 1 fully saturated rings. The van der Waals surface area contributed by atoms with Gasteiger partial charge in [0, 0.05) is 13.5 Å². The number of rotatable bonds is 1. The first-order chi connectivity index (χ1) is 5.11. The monoisotopic (exact) mass is 175 g/mol. The van der Waals surface area contributed by atoms with Crippen molar-refractivity contribution in [3.05, 3.63) is 0 Å². The molecule has 1 amide bonds. The first-order valence-electron chi connectivity index (χ1n) is 3.21. The third kappa shape index (κ3) is 1.86. The van der Waals surface area contributed by atoms with Gasteiger partial charge in [0.1, 0.15) is 5.25 Å². The van der Waals surface area contributed by atoms with Gasteiger partial charge < -0.3 is 10.0 Å². The minimum Gasteiger partial charge on any atom is -0.480 e. The Morgan fingerprint density at radius 2 is 2.27 bits per heavy atom. The summed E-state index contributed by atoms with van der Waals surface area (Å²) in [6.45, 7) is 1.79. The molecule has 11 heavy (non-hydrogen) atoms. The van der Waals surface area contributed by atoms with Crippen LogP contribution in [0.5, 0.6) is 0 Å². The van der Waals surface area contributed by atoms with Gasteiger partial charge in [-0.15, -0.1) is 11.8 Å². The molecule has 62 valence electrons. The normalized spacial score (nSPS) is 23.7. The predicted molar refractivity (Wildman–Crippen MR) is 41.3 cm³/mol. The topological polar surface area (TPSA) is 57.6 Å². The van der Waals surface area contributed by atoms with Crippen LogP contribution in [0.4, 0.5) is 0 Å². The zero-order chi connectivity index (χ0) is 8.43. The second kappa shape index (κ2) is 3.13. The Bertz CT molecular complexity index is 174. The summed E-state index contributed by atoms with van der Waals surface area (Å²) in [6, 6.07) is 0. The third-order valence-electron chi connectivity index (χ3n) is 1.54. The maximum atomic E-state index is 10.7. The van der Waals surface area contributed by atoms with Crippen molar-refractivity contribution in [3.63, 3.8) is 0 Å². The molecule has 1 aliphatic rings. The Hall–Kier alpha value is -0.710. The summed E-state index contributed by atoms with van der Waals surface area (Å²) in [5.74, 6) is -0.383. The highest BCUT2D eigenvalue weighted by Crippen LogP contribution is 2.22. The molecule has 4 nitrogen and oxygen atoms in total. The number of aliphatic carboxylic acids is 1. The average molecular weight is 175 g/mol. The van der Waals surface area contributed by atoms with Crippen molar-refractivity contribution in [2.75, 3.05) is 12.4 Å². The molecule has 1 unspecified atom stereocenters. The van der Waals surface area contributed by atoms with Crippen molar-refractivity contribution in [1.29, 1.82) is 0 Å². The number of carboxylic acid groups (broad SMARTS) is 1. The molecule has 1 rings (SSSR count). The quantitative estimate of drug-likeness (QED) is 0.609. The third-order valence-corrected chi connectivity index (χ3v) is 2.75. The maximum Gasteiger partial charge on any atom is 0.318 e. The van der Waals surface area contributed by atoms with Gasteiger partial charge in [0.2, 0.25) is 5.91 Å². The van der Waals surface area contributed by atoms with Crippen molar-refractivity contribution in [3.8, 4) is 0 Å². The lowest BCUT2D eigenvalue weighted by Gasteiger charge is -2.10. The summed E-state index contributed by atoms with van der Waals surface area (Å²) in [4.78, 5) is 22.7. The highest BCUT2D eigenvalue weighted by molar-refractivity contribution is 8.00. The number of hydrogen-bond acceptors (Lipinski definition) is 3. The van der Waals surface area contributed by atoms with Crippen LogP contribution in [0.2, 0.25) is 0 Å². The van der Waals surface area contributed by atoms with Gasteiger partial charge >= 0.3 is 5.97 Å². The molecule has 0 saturated carbocycles. The van der Waals surface area contributed by atoms with Gasteiger partial charge in [0.05, 0.1) is 5.88 Å². The van der Waals surface area contributed by atoms with Crippen LogP contribution < -0.4 is 0 Å². The molecular formula is C6H9NO3S. The highest BCUT2D eigenvalue weighted by atomic mass is 32.2. The van der Waals surface area contributed by atoms with E-state index in [1.54, 1.807) is 0 Å². The summed E-state index contributed by atoms with van der Waals surface area (Å²) in [7, 11) is 0. The lowest BCUT2D eigenvalue weighted by molar-refractivity contribution is -0.136. The summed E-state index contributed by atoms with van der Waals surface area (Å²) in [6.07, 6.45) is 0. The van der Waals surface area contributed by atoms with E-state index in [1.807, 2.05) is 0 Å². The van der Waals surface area contributed by atoms with Crippen LogP contribution >= 0.6 is 11.8 Å². The Kier molecular flexibility index (Phi) is 2.38. The first-order valence-corrected chi connectivity index (χ1v) is 4.26. The molecule has 0 radical (unpaired) electrons. The predicted octanol–water partition coefficient (Wildman–Crippen LogP) is -0.00760. The van der Waals surface area contributed by atoms with Crippen molar-refractivity contribution in [2.45, 2.75) is 12.2 Å². The van der Waals surface area contributed by atoms with Crippen LogP contribution in [0.3, 0.4) is 0 Å². The molecule has 1 aliphatic heterocycles. The van der Waals surface area contributed by atoms with E-state index in [0.29, 0.717) is 12.4 Å². The van der Waals surface area contributed by atoms with Crippen LogP contribution in [0.15, 0.2) is 0 Å². The number of hydrogen-bond donors (Lipinski definition) is 1. The number of thioether (sulfide) groups is 1. The fourth-order valence-corrected chi connectivity index (χ4v) is 1.93. The van der Waals surface area contributed by atoms with E-state index in [0.717, 1.165) is 0 Å². The molecule has 1 atom stereocenters. The van der Waals surface area contributed by atoms with Crippen LogP contribution in [-0.2, 0) is 9.59 Å². The van der Waals surface area contributed by atoms with E-state index in [4.69, 9.17) is 5.11 Å². The zero-order valence-electron chi connectivity index (χ0n) is 6.11. The molecule has 0 spiro atoms. The minimum absolute atomic E-state index is 0.0544. The van der Waals surface area contributed by atoms with Crippen LogP contribution in [-0.4, -0.2) is 39.6 Å². The van der Waals surface area contributed by atoms with Crippen molar-refractivity contribution < 1.29 is 14.7 Å². The van der Waals surface area contributed by atoms with Gasteiger partial charge in [0.15, 0.2) is 0 Å². The zero-order valence-corrected chi connectivity index (χ0v) is 6.93. The summed E-state index contributed by atoms with van der Waals surface area (Å²) < 4.78 is 0. The van der Waals surface area contributed by atoms with Gasteiger partial charge in [-0.25, -0.2) is 0 Å². The number of nitrogens with zero attached hydrogens (tertiary/aromatic N) is 1. The Balaban J connectivity index is 2.47. The number of amides is 1. The number of carbonyl (C=O) groups is 2. The molecule has 5 heteroatoms. The highest BCUT2D eigenvalue weighted by Gasteiger charge is 2.29. The summed E-state index contributed by atoms with van der Waals surface area (Å²) >= 11 is 1.29. The average Bonchev–Trinajstić information content (AvgIpc) is 2.33. The molecule has 0 aromatic carbocycles. The molecule has 1 heterocycles. The summed E-state index contributed by atoms with van der Waals surface area (Å²) in [5.41, 5.74) is 0. The van der Waals surface area contributed by atoms with E-state index < -0.39 is 11.2 Å². The molecule has 0 aliphatic carbocycles. The largest absolute Gasteiger partial charge is 0.480 e. The molecule has 0 aromatic rings. The fourth-order valence-electron chi connectivity index (χ4n) is 0.854. The SMILES string of the molecule is CC(=O)N1CSC(C(=O)O)C1. The smallest absolute Gasteiger partial charge is 0.318 e. The van der Waals surface area contributed by atoms with Gasteiger partial charge in [-0.3, -0.25) is 9.59 Å². The van der Waals surface area contributed by atoms with Crippen molar-refractivity contribution >= 4 is 23.6 Å². The summed E-state index contributed by atoms with van der Waals surface area (Å²) in [5, 5.41) is 8.12. The molecule has 1 N–H and O–H groups in total. The molecule has 0 aromatic heterocycles. The van der Waals surface area contributed by atoms with Gasteiger partial charge in [-0.1, -0.05) is 0 Å². The minimum atomic E-state index is -0.834. The van der Waals surface area contributed by atoms with E-state index in [-0.39, 0.29) is 5.91 Å². The van der Waals surface area contributed by atoms with Crippen LogP contribution in [0.1, 0.15) is 6.92 Å². The Morgan fingerprint density at radius 1 is 1.64 bits per heavy atom. The van der Waals surface area contributed by atoms with Gasteiger partial charge in [-0.05, 0) is 0 Å². The Morgan fingerprint density at radius 3 is 2.55 bits per heavy atom. The molecule has 0 bridgehead atoms. The van der Waals surface area contributed by atoms with Crippen LogP contribution in [0.25, 0.3) is 0 Å². The van der Waals surface area contributed by atoms with E-state index in [2.05, 4.69) is 0 Å². The Labute approximate surface area is 68.6 Å².